The van der Waals surface area contributed by atoms with Gasteiger partial charge in [-0.05, 0) is 54.1 Å². The molecular formula is C15H13N9O. The van der Waals surface area contributed by atoms with Gasteiger partial charge in [0.2, 0.25) is 5.82 Å². The standard InChI is InChI=1S/C15H13N9O/c1-9-7-11(3-4-12(9)23-8-17-21-22-23)18-14(25)13-19-15-16-6-5-10(2)24(15)20-13/h3-8H,1-2H3,(H,18,25). The Labute approximate surface area is 141 Å². The van der Waals surface area contributed by atoms with Crippen molar-refractivity contribution in [1.82, 2.24) is 39.8 Å². The molecule has 1 aromatic carbocycles. The van der Waals surface area contributed by atoms with Crippen molar-refractivity contribution in [3.63, 3.8) is 0 Å². The quantitative estimate of drug-likeness (QED) is 0.593. The molecule has 4 aromatic rings. The van der Waals surface area contributed by atoms with E-state index < -0.39 is 5.91 Å². The van der Waals surface area contributed by atoms with Gasteiger partial charge in [0, 0.05) is 17.6 Å². The summed E-state index contributed by atoms with van der Waals surface area (Å²) in [5.74, 6) is 0.0406. The van der Waals surface area contributed by atoms with Gasteiger partial charge in [0.25, 0.3) is 11.7 Å². The van der Waals surface area contributed by atoms with Crippen molar-refractivity contribution in [3.8, 4) is 5.69 Å². The number of aromatic nitrogens is 8. The summed E-state index contributed by atoms with van der Waals surface area (Å²) in [6, 6.07) is 7.21. The van der Waals surface area contributed by atoms with Crippen LogP contribution in [0.3, 0.4) is 0 Å². The molecule has 0 fully saturated rings. The summed E-state index contributed by atoms with van der Waals surface area (Å²) < 4.78 is 3.08. The van der Waals surface area contributed by atoms with Crippen LogP contribution in [0.2, 0.25) is 0 Å². The summed E-state index contributed by atoms with van der Waals surface area (Å²) in [5, 5.41) is 18.1. The number of anilines is 1. The maximum absolute atomic E-state index is 12.4. The zero-order valence-corrected chi connectivity index (χ0v) is 13.5. The van der Waals surface area contributed by atoms with E-state index in [0.29, 0.717) is 11.5 Å². The minimum absolute atomic E-state index is 0.0593. The average Bonchev–Trinajstić information content (AvgIpc) is 3.25. The summed E-state index contributed by atoms with van der Waals surface area (Å²) in [5.41, 5.74) is 3.21. The van der Waals surface area contributed by atoms with Crippen molar-refractivity contribution in [2.45, 2.75) is 13.8 Å². The molecule has 124 valence electrons. The fourth-order valence-corrected chi connectivity index (χ4v) is 2.45. The second-order valence-corrected chi connectivity index (χ2v) is 5.44. The Bertz CT molecular complexity index is 1070. The number of tetrazole rings is 1. The van der Waals surface area contributed by atoms with Gasteiger partial charge in [-0.1, -0.05) is 0 Å². The average molecular weight is 335 g/mol. The number of fused-ring (bicyclic) bond motifs is 1. The van der Waals surface area contributed by atoms with Gasteiger partial charge < -0.3 is 5.32 Å². The summed E-state index contributed by atoms with van der Waals surface area (Å²) >= 11 is 0. The Kier molecular flexibility index (Phi) is 3.42. The van der Waals surface area contributed by atoms with E-state index in [4.69, 9.17) is 0 Å². The minimum atomic E-state index is -0.403. The predicted molar refractivity (Wildman–Crippen MR) is 87.4 cm³/mol. The zero-order chi connectivity index (χ0) is 17.4. The molecule has 1 N–H and O–H groups in total. The van der Waals surface area contributed by atoms with Crippen molar-refractivity contribution in [1.29, 1.82) is 0 Å². The summed E-state index contributed by atoms with van der Waals surface area (Å²) in [7, 11) is 0. The number of aryl methyl sites for hydroxylation is 2. The molecule has 0 radical (unpaired) electrons. The molecule has 0 spiro atoms. The Morgan fingerprint density at radius 2 is 2.08 bits per heavy atom. The molecular weight excluding hydrogens is 322 g/mol. The normalized spacial score (nSPS) is 11.0. The highest BCUT2D eigenvalue weighted by Gasteiger charge is 2.15. The lowest BCUT2D eigenvalue weighted by molar-refractivity contribution is 0.101. The monoisotopic (exact) mass is 335 g/mol. The van der Waals surface area contributed by atoms with E-state index in [1.807, 2.05) is 26.0 Å². The number of amides is 1. The molecule has 0 saturated heterocycles. The predicted octanol–water partition coefficient (Wildman–Crippen LogP) is 0.969. The first kappa shape index (κ1) is 14.9. The first-order chi connectivity index (χ1) is 12.1. The highest BCUT2D eigenvalue weighted by Crippen LogP contribution is 2.18. The summed E-state index contributed by atoms with van der Waals surface area (Å²) in [6.45, 7) is 3.77. The molecule has 0 saturated carbocycles. The van der Waals surface area contributed by atoms with E-state index in [1.54, 1.807) is 23.0 Å². The van der Waals surface area contributed by atoms with Gasteiger partial charge in [0.1, 0.15) is 6.33 Å². The smallest absolute Gasteiger partial charge is 0.295 e. The molecule has 4 rings (SSSR count). The van der Waals surface area contributed by atoms with Crippen LogP contribution < -0.4 is 5.32 Å². The van der Waals surface area contributed by atoms with Crippen LogP contribution in [-0.4, -0.2) is 45.7 Å². The van der Waals surface area contributed by atoms with Crippen LogP contribution in [0.4, 0.5) is 5.69 Å². The van der Waals surface area contributed by atoms with E-state index in [0.717, 1.165) is 16.9 Å². The van der Waals surface area contributed by atoms with Gasteiger partial charge in [-0.3, -0.25) is 4.79 Å². The molecule has 0 atom stereocenters. The third-order valence-corrected chi connectivity index (χ3v) is 3.68. The number of nitrogens with zero attached hydrogens (tertiary/aromatic N) is 8. The summed E-state index contributed by atoms with van der Waals surface area (Å²) in [6.07, 6.45) is 3.14. The number of hydrogen-bond acceptors (Lipinski definition) is 7. The maximum Gasteiger partial charge on any atom is 0.295 e. The van der Waals surface area contributed by atoms with E-state index in [1.165, 1.54) is 10.8 Å². The Balaban J connectivity index is 1.60. The highest BCUT2D eigenvalue weighted by molar-refractivity contribution is 6.01. The van der Waals surface area contributed by atoms with Crippen LogP contribution in [0.25, 0.3) is 11.5 Å². The molecule has 10 nitrogen and oxygen atoms in total. The highest BCUT2D eigenvalue weighted by atomic mass is 16.2. The fourth-order valence-electron chi connectivity index (χ4n) is 2.45. The first-order valence-electron chi connectivity index (χ1n) is 7.45. The third-order valence-electron chi connectivity index (χ3n) is 3.68. The van der Waals surface area contributed by atoms with Crippen molar-refractivity contribution in [2.24, 2.45) is 0 Å². The van der Waals surface area contributed by atoms with Gasteiger partial charge in [-0.15, -0.1) is 10.2 Å². The lowest BCUT2D eigenvalue weighted by atomic mass is 10.2. The summed E-state index contributed by atoms with van der Waals surface area (Å²) in [4.78, 5) is 20.6. The van der Waals surface area contributed by atoms with Crippen LogP contribution in [0.15, 0.2) is 36.8 Å². The molecule has 0 bridgehead atoms. The van der Waals surface area contributed by atoms with Crippen molar-refractivity contribution < 1.29 is 4.79 Å². The van der Waals surface area contributed by atoms with Crippen LogP contribution in [0, 0.1) is 13.8 Å². The third kappa shape index (κ3) is 2.69. The van der Waals surface area contributed by atoms with Gasteiger partial charge in [0.05, 0.1) is 5.69 Å². The van der Waals surface area contributed by atoms with Crippen LogP contribution in [-0.2, 0) is 0 Å². The Hall–Kier alpha value is -3.69. The number of carbonyl (C=O) groups excluding carboxylic acids is 1. The maximum atomic E-state index is 12.4. The second kappa shape index (κ2) is 5.74. The van der Waals surface area contributed by atoms with Crippen LogP contribution in [0.1, 0.15) is 21.9 Å². The lowest BCUT2D eigenvalue weighted by Gasteiger charge is -2.08. The van der Waals surface area contributed by atoms with Crippen LogP contribution >= 0.6 is 0 Å². The molecule has 3 aromatic heterocycles. The topological polar surface area (TPSA) is 116 Å². The molecule has 3 heterocycles. The Morgan fingerprint density at radius 1 is 1.20 bits per heavy atom. The first-order valence-corrected chi connectivity index (χ1v) is 7.45. The van der Waals surface area contributed by atoms with E-state index >= 15 is 0 Å². The van der Waals surface area contributed by atoms with E-state index in [9.17, 15) is 4.79 Å². The molecule has 0 aliphatic heterocycles. The molecule has 0 aliphatic carbocycles. The van der Waals surface area contributed by atoms with Gasteiger partial charge in [-0.2, -0.15) is 4.98 Å². The number of carbonyl (C=O) groups is 1. The Morgan fingerprint density at radius 3 is 2.80 bits per heavy atom. The van der Waals surface area contributed by atoms with Crippen LogP contribution in [0.5, 0.6) is 0 Å². The fraction of sp³-hybridized carbons (Fsp3) is 0.133. The number of hydrogen-bond donors (Lipinski definition) is 1. The molecule has 0 unspecified atom stereocenters. The van der Waals surface area contributed by atoms with Crippen molar-refractivity contribution in [3.05, 3.63) is 53.9 Å². The van der Waals surface area contributed by atoms with Crippen molar-refractivity contribution >= 4 is 17.4 Å². The van der Waals surface area contributed by atoms with Gasteiger partial charge in [-0.25, -0.2) is 14.2 Å². The molecule has 25 heavy (non-hydrogen) atoms. The number of benzene rings is 1. The lowest BCUT2D eigenvalue weighted by Crippen LogP contribution is -2.14. The minimum Gasteiger partial charge on any atom is -0.319 e. The second-order valence-electron chi connectivity index (χ2n) is 5.44. The van der Waals surface area contributed by atoms with Crippen molar-refractivity contribution in [2.75, 3.05) is 5.32 Å². The number of nitrogens with one attached hydrogen (secondary N) is 1. The van der Waals surface area contributed by atoms with Gasteiger partial charge in [0.15, 0.2) is 0 Å². The largest absolute Gasteiger partial charge is 0.319 e. The van der Waals surface area contributed by atoms with Gasteiger partial charge >= 0.3 is 0 Å². The molecule has 1 amide bonds. The zero-order valence-electron chi connectivity index (χ0n) is 13.5. The molecule has 0 aliphatic rings. The number of rotatable bonds is 3. The molecule has 10 heteroatoms. The van der Waals surface area contributed by atoms with E-state index in [2.05, 4.69) is 35.9 Å². The SMILES string of the molecule is Cc1cc(NC(=O)c2nc3nccc(C)n3n2)ccc1-n1cnnn1. The van der Waals surface area contributed by atoms with E-state index in [-0.39, 0.29) is 5.82 Å².